The van der Waals surface area contributed by atoms with Crippen LogP contribution in [0.4, 0.5) is 0 Å². The van der Waals surface area contributed by atoms with Crippen molar-refractivity contribution in [1.29, 1.82) is 10.5 Å². The number of ether oxygens (including phenoxy) is 2. The van der Waals surface area contributed by atoms with Gasteiger partial charge in [0.05, 0.1) is 18.1 Å². The fourth-order valence-electron chi connectivity index (χ4n) is 3.39. The van der Waals surface area contributed by atoms with Crippen LogP contribution in [0.25, 0.3) is 0 Å². The van der Waals surface area contributed by atoms with Gasteiger partial charge in [0, 0.05) is 11.5 Å². The van der Waals surface area contributed by atoms with E-state index in [1.54, 1.807) is 42.5 Å². The Labute approximate surface area is 138 Å². The normalized spacial score (nSPS) is 22.2. The Morgan fingerprint density at radius 3 is 2.46 bits per heavy atom. The maximum absolute atomic E-state index is 12.8. The van der Waals surface area contributed by atoms with E-state index < -0.39 is 17.3 Å². The van der Waals surface area contributed by atoms with Gasteiger partial charge in [-0.05, 0) is 17.7 Å². The van der Waals surface area contributed by atoms with Crippen molar-refractivity contribution in [3.05, 3.63) is 59.7 Å². The number of rotatable bonds is 3. The van der Waals surface area contributed by atoms with Crippen molar-refractivity contribution in [2.24, 2.45) is 11.3 Å². The Balaban J connectivity index is 1.73. The lowest BCUT2D eigenvalue weighted by Crippen LogP contribution is -2.08. The molecule has 116 valence electrons. The first-order valence-electron chi connectivity index (χ1n) is 7.52. The second-order valence-corrected chi connectivity index (χ2v) is 5.89. The third-order valence-corrected chi connectivity index (χ3v) is 4.67. The summed E-state index contributed by atoms with van der Waals surface area (Å²) in [6.45, 7) is 0.150. The molecule has 1 aliphatic carbocycles. The van der Waals surface area contributed by atoms with E-state index in [9.17, 15) is 15.3 Å². The molecule has 0 bridgehead atoms. The molecule has 0 amide bonds. The Morgan fingerprint density at radius 2 is 1.75 bits per heavy atom. The SMILES string of the molecule is N#CC1(C#N)[C@H](C(=O)c2ccccc2)[C@@H]1c1ccc2c(c1)OCO2. The van der Waals surface area contributed by atoms with Crippen LogP contribution in [0.2, 0.25) is 0 Å². The van der Waals surface area contributed by atoms with Gasteiger partial charge in [-0.25, -0.2) is 0 Å². The number of hydrogen-bond donors (Lipinski definition) is 0. The van der Waals surface area contributed by atoms with E-state index in [0.717, 1.165) is 5.56 Å². The highest BCUT2D eigenvalue weighted by atomic mass is 16.7. The predicted molar refractivity (Wildman–Crippen MR) is 83.2 cm³/mol. The molecule has 0 N–H and O–H groups in total. The van der Waals surface area contributed by atoms with Crippen molar-refractivity contribution in [2.75, 3.05) is 6.79 Å². The third-order valence-electron chi connectivity index (χ3n) is 4.67. The fourth-order valence-corrected chi connectivity index (χ4v) is 3.39. The van der Waals surface area contributed by atoms with Crippen LogP contribution in [0.15, 0.2) is 48.5 Å². The molecule has 1 heterocycles. The first-order valence-corrected chi connectivity index (χ1v) is 7.52. The predicted octanol–water partition coefficient (Wildman–Crippen LogP) is 3.05. The van der Waals surface area contributed by atoms with Crippen LogP contribution < -0.4 is 9.47 Å². The summed E-state index contributed by atoms with van der Waals surface area (Å²) in [4.78, 5) is 12.8. The van der Waals surface area contributed by atoms with Crippen LogP contribution in [-0.4, -0.2) is 12.6 Å². The van der Waals surface area contributed by atoms with Crippen LogP contribution in [0.3, 0.4) is 0 Å². The van der Waals surface area contributed by atoms with Gasteiger partial charge >= 0.3 is 0 Å². The number of benzene rings is 2. The summed E-state index contributed by atoms with van der Waals surface area (Å²) in [5, 5.41) is 19.1. The van der Waals surface area contributed by atoms with Gasteiger partial charge in [0.2, 0.25) is 6.79 Å². The molecular weight excluding hydrogens is 304 g/mol. The van der Waals surface area contributed by atoms with Gasteiger partial charge < -0.3 is 9.47 Å². The van der Waals surface area contributed by atoms with Gasteiger partial charge in [-0.2, -0.15) is 10.5 Å². The average molecular weight is 316 g/mol. The number of carbonyl (C=O) groups is 1. The molecule has 0 saturated heterocycles. The third kappa shape index (κ3) is 1.89. The molecule has 2 aliphatic rings. The minimum atomic E-state index is -1.33. The quantitative estimate of drug-likeness (QED) is 0.813. The molecule has 5 nitrogen and oxygen atoms in total. The lowest BCUT2D eigenvalue weighted by atomic mass is 10.0. The summed E-state index contributed by atoms with van der Waals surface area (Å²) in [5.74, 6) is -0.105. The number of carbonyl (C=O) groups excluding carboxylic acids is 1. The maximum atomic E-state index is 12.8. The number of nitrogens with zero attached hydrogens (tertiary/aromatic N) is 2. The molecule has 24 heavy (non-hydrogen) atoms. The van der Waals surface area contributed by atoms with E-state index in [2.05, 4.69) is 12.1 Å². The van der Waals surface area contributed by atoms with Gasteiger partial charge in [-0.1, -0.05) is 36.4 Å². The molecule has 2 aromatic rings. The smallest absolute Gasteiger partial charge is 0.231 e. The van der Waals surface area contributed by atoms with E-state index in [1.807, 2.05) is 6.07 Å². The monoisotopic (exact) mass is 316 g/mol. The number of nitriles is 2. The van der Waals surface area contributed by atoms with E-state index in [1.165, 1.54) is 0 Å². The molecular formula is C19H12N2O3. The molecule has 2 aromatic carbocycles. The Hall–Kier alpha value is -3.31. The lowest BCUT2D eigenvalue weighted by Gasteiger charge is -2.02. The summed E-state index contributed by atoms with van der Waals surface area (Å²) in [7, 11) is 0. The van der Waals surface area contributed by atoms with E-state index >= 15 is 0 Å². The molecule has 0 unspecified atom stereocenters. The summed E-state index contributed by atoms with van der Waals surface area (Å²) in [6.07, 6.45) is 0. The molecule has 0 spiro atoms. The van der Waals surface area contributed by atoms with Crippen LogP contribution in [0.5, 0.6) is 11.5 Å². The molecule has 0 radical (unpaired) electrons. The van der Waals surface area contributed by atoms with E-state index in [0.29, 0.717) is 17.1 Å². The summed E-state index contributed by atoms with van der Waals surface area (Å²) in [6, 6.07) is 18.2. The zero-order valence-electron chi connectivity index (χ0n) is 12.6. The Kier molecular flexibility index (Phi) is 3.04. The zero-order valence-corrected chi connectivity index (χ0v) is 12.6. The minimum Gasteiger partial charge on any atom is -0.454 e. The van der Waals surface area contributed by atoms with Crippen LogP contribution in [0, 0.1) is 34.0 Å². The second-order valence-electron chi connectivity index (χ2n) is 5.89. The summed E-state index contributed by atoms with van der Waals surface area (Å²) < 4.78 is 10.6. The highest BCUT2D eigenvalue weighted by Gasteiger charge is 2.70. The van der Waals surface area contributed by atoms with Gasteiger partial charge in [0.15, 0.2) is 22.7 Å². The zero-order chi connectivity index (χ0) is 16.7. The Bertz CT molecular complexity index is 894. The lowest BCUT2D eigenvalue weighted by molar-refractivity contribution is 0.0958. The topological polar surface area (TPSA) is 83.1 Å². The molecule has 4 rings (SSSR count). The molecule has 1 saturated carbocycles. The first kappa shape index (κ1) is 14.3. The molecule has 1 fully saturated rings. The van der Waals surface area contributed by atoms with Crippen molar-refractivity contribution < 1.29 is 14.3 Å². The molecule has 0 aromatic heterocycles. The molecule has 5 heteroatoms. The van der Waals surface area contributed by atoms with Crippen molar-refractivity contribution >= 4 is 5.78 Å². The molecule has 1 aliphatic heterocycles. The largest absolute Gasteiger partial charge is 0.454 e. The maximum Gasteiger partial charge on any atom is 0.231 e. The Morgan fingerprint density at radius 1 is 1.04 bits per heavy atom. The molecule has 2 atom stereocenters. The highest BCUT2D eigenvalue weighted by molar-refractivity contribution is 6.02. The van der Waals surface area contributed by atoms with Crippen LogP contribution in [0.1, 0.15) is 21.8 Å². The van der Waals surface area contributed by atoms with Gasteiger partial charge in [-0.15, -0.1) is 0 Å². The minimum absolute atomic E-state index is 0.150. The number of ketones is 1. The van der Waals surface area contributed by atoms with Crippen molar-refractivity contribution in [2.45, 2.75) is 5.92 Å². The highest BCUT2D eigenvalue weighted by Crippen LogP contribution is 2.65. The first-order chi connectivity index (χ1) is 11.7. The van der Waals surface area contributed by atoms with Gasteiger partial charge in [0.25, 0.3) is 0 Å². The second kappa shape index (κ2) is 5.11. The fraction of sp³-hybridized carbons (Fsp3) is 0.211. The van der Waals surface area contributed by atoms with Crippen molar-refractivity contribution in [3.8, 4) is 23.6 Å². The number of hydrogen-bond acceptors (Lipinski definition) is 5. The standard InChI is InChI=1S/C19H12N2O3/c20-9-19(10-21)16(13-6-7-14-15(8-13)24-11-23-14)17(19)18(22)12-4-2-1-3-5-12/h1-8,16-17H,11H2/t16-,17-/m0/s1. The van der Waals surface area contributed by atoms with E-state index in [4.69, 9.17) is 9.47 Å². The number of Topliss-reactive ketones (excluding diaryl/α,β-unsaturated/α-hetero) is 1. The van der Waals surface area contributed by atoms with Crippen LogP contribution >= 0.6 is 0 Å². The number of fused-ring (bicyclic) bond motifs is 1. The van der Waals surface area contributed by atoms with Gasteiger partial charge in [-0.3, -0.25) is 4.79 Å². The average Bonchev–Trinajstić information content (AvgIpc) is 3.08. The van der Waals surface area contributed by atoms with Crippen molar-refractivity contribution in [3.63, 3.8) is 0 Å². The summed E-state index contributed by atoms with van der Waals surface area (Å²) >= 11 is 0. The van der Waals surface area contributed by atoms with E-state index in [-0.39, 0.29) is 12.6 Å². The van der Waals surface area contributed by atoms with Gasteiger partial charge in [0.1, 0.15) is 0 Å². The van der Waals surface area contributed by atoms with Crippen LogP contribution in [-0.2, 0) is 0 Å². The van der Waals surface area contributed by atoms with Crippen molar-refractivity contribution in [1.82, 2.24) is 0 Å². The summed E-state index contributed by atoms with van der Waals surface area (Å²) in [5.41, 5.74) is -0.0714.